The lowest BCUT2D eigenvalue weighted by atomic mass is 10.1. The number of carbonyl (C=O) groups is 1. The number of hydrogen-bond donors (Lipinski definition) is 1. The molecule has 1 heterocycles. The van der Waals surface area contributed by atoms with Crippen molar-refractivity contribution < 1.29 is 4.79 Å². The Hall–Kier alpha value is -1.81. The molecular formula is C16H15BrN2O. The van der Waals surface area contributed by atoms with Crippen LogP contribution in [0.4, 0.5) is 11.4 Å². The maximum atomic E-state index is 12.4. The molecule has 0 saturated heterocycles. The number of nitrogens with two attached hydrogens (primary N) is 1. The molecule has 0 atom stereocenters. The Balaban J connectivity index is 1.80. The van der Waals surface area contributed by atoms with Crippen molar-refractivity contribution in [1.82, 2.24) is 0 Å². The first-order chi connectivity index (χ1) is 9.65. The predicted octanol–water partition coefficient (Wildman–Crippen LogP) is 3.16. The number of fused-ring (bicyclic) bond motifs is 1. The molecule has 0 fully saturated rings. The van der Waals surface area contributed by atoms with Gasteiger partial charge >= 0.3 is 0 Å². The zero-order chi connectivity index (χ0) is 14.1. The van der Waals surface area contributed by atoms with Gasteiger partial charge in [0.25, 0.3) is 0 Å². The van der Waals surface area contributed by atoms with Gasteiger partial charge in [0.05, 0.1) is 6.42 Å². The minimum Gasteiger partial charge on any atom is -0.398 e. The summed E-state index contributed by atoms with van der Waals surface area (Å²) in [6.07, 6.45) is 1.26. The maximum Gasteiger partial charge on any atom is 0.231 e. The highest BCUT2D eigenvalue weighted by atomic mass is 79.9. The van der Waals surface area contributed by atoms with Gasteiger partial charge < -0.3 is 10.6 Å². The molecule has 1 amide bonds. The molecule has 0 unspecified atom stereocenters. The second-order valence-electron chi connectivity index (χ2n) is 4.94. The Kier molecular flexibility index (Phi) is 3.49. The van der Waals surface area contributed by atoms with Gasteiger partial charge in [-0.15, -0.1) is 0 Å². The van der Waals surface area contributed by atoms with E-state index in [2.05, 4.69) is 15.9 Å². The zero-order valence-electron chi connectivity index (χ0n) is 11.0. The quantitative estimate of drug-likeness (QED) is 0.859. The smallest absolute Gasteiger partial charge is 0.231 e. The summed E-state index contributed by atoms with van der Waals surface area (Å²) in [4.78, 5) is 14.3. The third kappa shape index (κ3) is 2.43. The average molecular weight is 331 g/mol. The third-order valence-electron chi connectivity index (χ3n) is 3.63. The van der Waals surface area contributed by atoms with Crippen LogP contribution < -0.4 is 10.6 Å². The van der Waals surface area contributed by atoms with Gasteiger partial charge in [-0.1, -0.05) is 34.1 Å². The molecule has 4 heteroatoms. The van der Waals surface area contributed by atoms with E-state index in [-0.39, 0.29) is 5.91 Å². The number of hydrogen-bond acceptors (Lipinski definition) is 2. The number of nitrogen functional groups attached to an aromatic ring is 1. The molecular weight excluding hydrogens is 316 g/mol. The van der Waals surface area contributed by atoms with E-state index >= 15 is 0 Å². The SMILES string of the molecule is Nc1cccc2c1CCN2C(=O)Cc1ccc(Br)cc1. The van der Waals surface area contributed by atoms with Gasteiger partial charge in [-0.05, 0) is 36.2 Å². The van der Waals surface area contributed by atoms with Crippen LogP contribution in [0.5, 0.6) is 0 Å². The normalized spacial score (nSPS) is 13.3. The lowest BCUT2D eigenvalue weighted by molar-refractivity contribution is -0.117. The number of rotatable bonds is 2. The summed E-state index contributed by atoms with van der Waals surface area (Å²) in [5.74, 6) is 0.122. The summed E-state index contributed by atoms with van der Waals surface area (Å²) in [5, 5.41) is 0. The Bertz CT molecular complexity index is 652. The molecule has 0 spiro atoms. The van der Waals surface area contributed by atoms with E-state index in [0.717, 1.165) is 39.9 Å². The minimum atomic E-state index is 0.122. The fourth-order valence-electron chi connectivity index (χ4n) is 2.59. The van der Waals surface area contributed by atoms with Crippen LogP contribution in [0.3, 0.4) is 0 Å². The lowest BCUT2D eigenvalue weighted by Gasteiger charge is -2.17. The first kappa shape index (κ1) is 13.2. The highest BCUT2D eigenvalue weighted by Crippen LogP contribution is 2.32. The molecule has 3 nitrogen and oxygen atoms in total. The highest BCUT2D eigenvalue weighted by Gasteiger charge is 2.25. The Labute approximate surface area is 126 Å². The number of nitrogens with zero attached hydrogens (tertiary/aromatic N) is 1. The van der Waals surface area contributed by atoms with Crippen LogP contribution in [0.25, 0.3) is 0 Å². The maximum absolute atomic E-state index is 12.4. The molecule has 0 radical (unpaired) electrons. The second-order valence-corrected chi connectivity index (χ2v) is 5.86. The van der Waals surface area contributed by atoms with Crippen LogP contribution in [0, 0.1) is 0 Å². The Morgan fingerprint density at radius 2 is 1.95 bits per heavy atom. The van der Waals surface area contributed by atoms with Gasteiger partial charge in [0.15, 0.2) is 0 Å². The van der Waals surface area contributed by atoms with E-state index in [1.807, 2.05) is 47.4 Å². The zero-order valence-corrected chi connectivity index (χ0v) is 12.6. The predicted molar refractivity (Wildman–Crippen MR) is 84.8 cm³/mol. The number of anilines is 2. The molecule has 2 N–H and O–H groups in total. The van der Waals surface area contributed by atoms with Gasteiger partial charge in [0, 0.05) is 28.0 Å². The van der Waals surface area contributed by atoms with Crippen LogP contribution >= 0.6 is 15.9 Å². The average Bonchev–Trinajstić information content (AvgIpc) is 2.87. The van der Waals surface area contributed by atoms with Crippen molar-refractivity contribution in [2.24, 2.45) is 0 Å². The van der Waals surface area contributed by atoms with Crippen LogP contribution in [-0.4, -0.2) is 12.5 Å². The van der Waals surface area contributed by atoms with Gasteiger partial charge in [-0.25, -0.2) is 0 Å². The van der Waals surface area contributed by atoms with Crippen molar-refractivity contribution in [3.63, 3.8) is 0 Å². The van der Waals surface area contributed by atoms with Gasteiger partial charge in [-0.2, -0.15) is 0 Å². The summed E-state index contributed by atoms with van der Waals surface area (Å²) in [6, 6.07) is 13.6. The highest BCUT2D eigenvalue weighted by molar-refractivity contribution is 9.10. The van der Waals surface area contributed by atoms with Crippen LogP contribution in [0.15, 0.2) is 46.9 Å². The van der Waals surface area contributed by atoms with Crippen LogP contribution in [0.2, 0.25) is 0 Å². The van der Waals surface area contributed by atoms with Crippen molar-refractivity contribution in [2.75, 3.05) is 17.2 Å². The molecule has 0 saturated carbocycles. The molecule has 1 aliphatic rings. The summed E-state index contributed by atoms with van der Waals surface area (Å²) >= 11 is 3.40. The monoisotopic (exact) mass is 330 g/mol. The van der Waals surface area contributed by atoms with Crippen LogP contribution in [-0.2, 0) is 17.6 Å². The molecule has 20 heavy (non-hydrogen) atoms. The Morgan fingerprint density at radius 1 is 1.20 bits per heavy atom. The van der Waals surface area contributed by atoms with E-state index in [0.29, 0.717) is 6.42 Å². The molecule has 102 valence electrons. The van der Waals surface area contributed by atoms with E-state index in [1.54, 1.807) is 0 Å². The van der Waals surface area contributed by atoms with Crippen molar-refractivity contribution in [1.29, 1.82) is 0 Å². The fraction of sp³-hybridized carbons (Fsp3) is 0.188. The standard InChI is InChI=1S/C16H15BrN2O/c17-12-6-4-11(5-7-12)10-16(20)19-9-8-13-14(18)2-1-3-15(13)19/h1-7H,8-10,18H2. The number of amides is 1. The number of halogens is 1. The van der Waals surface area contributed by atoms with Crippen molar-refractivity contribution in [3.8, 4) is 0 Å². The third-order valence-corrected chi connectivity index (χ3v) is 4.16. The summed E-state index contributed by atoms with van der Waals surface area (Å²) in [6.45, 7) is 0.721. The van der Waals surface area contributed by atoms with Gasteiger partial charge in [0.2, 0.25) is 5.91 Å². The fourth-order valence-corrected chi connectivity index (χ4v) is 2.86. The molecule has 2 aromatic rings. The van der Waals surface area contributed by atoms with E-state index in [1.165, 1.54) is 0 Å². The molecule has 0 bridgehead atoms. The molecule has 2 aromatic carbocycles. The Morgan fingerprint density at radius 3 is 2.70 bits per heavy atom. The van der Waals surface area contributed by atoms with Crippen molar-refractivity contribution >= 4 is 33.2 Å². The van der Waals surface area contributed by atoms with Gasteiger partial charge in [-0.3, -0.25) is 4.79 Å². The van der Waals surface area contributed by atoms with Gasteiger partial charge in [0.1, 0.15) is 0 Å². The van der Waals surface area contributed by atoms with Crippen molar-refractivity contribution in [3.05, 3.63) is 58.1 Å². The first-order valence-electron chi connectivity index (χ1n) is 6.57. The minimum absolute atomic E-state index is 0.122. The first-order valence-corrected chi connectivity index (χ1v) is 7.36. The summed E-state index contributed by atoms with van der Waals surface area (Å²) in [7, 11) is 0. The van der Waals surface area contributed by atoms with Crippen molar-refractivity contribution in [2.45, 2.75) is 12.8 Å². The lowest BCUT2D eigenvalue weighted by Crippen LogP contribution is -2.30. The van der Waals surface area contributed by atoms with Crippen LogP contribution in [0.1, 0.15) is 11.1 Å². The van der Waals surface area contributed by atoms with E-state index < -0.39 is 0 Å². The molecule has 0 aromatic heterocycles. The van der Waals surface area contributed by atoms with E-state index in [9.17, 15) is 4.79 Å². The topological polar surface area (TPSA) is 46.3 Å². The molecule has 0 aliphatic carbocycles. The number of carbonyl (C=O) groups excluding carboxylic acids is 1. The summed E-state index contributed by atoms with van der Waals surface area (Å²) in [5.41, 5.74) is 9.82. The second kappa shape index (κ2) is 5.29. The molecule has 1 aliphatic heterocycles. The largest absolute Gasteiger partial charge is 0.398 e. The number of benzene rings is 2. The summed E-state index contributed by atoms with van der Waals surface area (Å²) < 4.78 is 1.02. The van der Waals surface area contributed by atoms with E-state index in [4.69, 9.17) is 5.73 Å². The molecule has 3 rings (SSSR count).